The second-order valence-electron chi connectivity index (χ2n) is 4.63. The molecule has 2 amide bonds. The highest BCUT2D eigenvalue weighted by molar-refractivity contribution is 5.99. The number of aryl methyl sites for hydroxylation is 1. The molecule has 0 unspecified atom stereocenters. The van der Waals surface area contributed by atoms with Crippen LogP contribution in [0.25, 0.3) is 0 Å². The van der Waals surface area contributed by atoms with Crippen molar-refractivity contribution < 1.29 is 27.1 Å². The van der Waals surface area contributed by atoms with Gasteiger partial charge in [-0.25, -0.2) is 9.18 Å². The summed E-state index contributed by atoms with van der Waals surface area (Å²) in [5.74, 6) is -1.01. The smallest absolute Gasteiger partial charge is 0.406 e. The Bertz CT molecular complexity index is 700. The lowest BCUT2D eigenvalue weighted by molar-refractivity contribution is -0.274. The molecule has 122 valence electrons. The zero-order valence-electron chi connectivity index (χ0n) is 11.9. The number of ether oxygens (including phenoxy) is 1. The molecule has 0 atom stereocenters. The molecule has 0 bridgehead atoms. The first-order valence-electron chi connectivity index (χ1n) is 6.43. The average Bonchev–Trinajstić information content (AvgIpc) is 2.43. The minimum atomic E-state index is -4.78. The van der Waals surface area contributed by atoms with Crippen LogP contribution in [0.4, 0.5) is 33.7 Å². The molecule has 0 saturated heterocycles. The summed E-state index contributed by atoms with van der Waals surface area (Å²) >= 11 is 0. The minimum Gasteiger partial charge on any atom is -0.406 e. The number of alkyl halides is 3. The van der Waals surface area contributed by atoms with Crippen molar-refractivity contribution in [2.45, 2.75) is 13.3 Å². The number of anilines is 2. The maximum Gasteiger partial charge on any atom is 0.573 e. The first-order chi connectivity index (χ1) is 10.7. The molecule has 8 heteroatoms. The monoisotopic (exact) mass is 328 g/mol. The standard InChI is InChI=1S/C15H12F4N2O2/c1-9-2-7-12(16)13(8-9)21-14(22)20-10-3-5-11(6-4-10)23-15(17,18)19/h2-8H,1H3,(H2,20,21,22). The number of urea groups is 1. The highest BCUT2D eigenvalue weighted by atomic mass is 19.4. The zero-order chi connectivity index (χ0) is 17.0. The molecule has 2 N–H and O–H groups in total. The van der Waals surface area contributed by atoms with Crippen LogP contribution in [0.1, 0.15) is 5.56 Å². The molecule has 2 aromatic carbocycles. The predicted molar refractivity (Wildman–Crippen MR) is 76.9 cm³/mol. The SMILES string of the molecule is Cc1ccc(F)c(NC(=O)Nc2ccc(OC(F)(F)F)cc2)c1. The van der Waals surface area contributed by atoms with Crippen LogP contribution in [0.5, 0.6) is 5.75 Å². The highest BCUT2D eigenvalue weighted by Crippen LogP contribution is 2.24. The fourth-order valence-electron chi connectivity index (χ4n) is 1.76. The molecule has 0 heterocycles. The molecule has 0 spiro atoms. The van der Waals surface area contributed by atoms with E-state index >= 15 is 0 Å². The summed E-state index contributed by atoms with van der Waals surface area (Å²) in [7, 11) is 0. The molecule has 2 rings (SSSR count). The van der Waals surface area contributed by atoms with Crippen LogP contribution in [0, 0.1) is 12.7 Å². The van der Waals surface area contributed by atoms with Gasteiger partial charge >= 0.3 is 12.4 Å². The summed E-state index contributed by atoms with van der Waals surface area (Å²) in [6.07, 6.45) is -4.78. The van der Waals surface area contributed by atoms with Gasteiger partial charge in [0, 0.05) is 5.69 Å². The van der Waals surface area contributed by atoms with Gasteiger partial charge in [0.15, 0.2) is 0 Å². The topological polar surface area (TPSA) is 50.4 Å². The van der Waals surface area contributed by atoms with Gasteiger partial charge in [-0.1, -0.05) is 6.07 Å². The Labute approximate surface area is 129 Å². The molecule has 23 heavy (non-hydrogen) atoms. The number of hydrogen-bond acceptors (Lipinski definition) is 2. The summed E-state index contributed by atoms with van der Waals surface area (Å²) in [6, 6.07) is 8.06. The van der Waals surface area contributed by atoms with Crippen molar-refractivity contribution >= 4 is 17.4 Å². The molecule has 0 saturated carbocycles. The van der Waals surface area contributed by atoms with Gasteiger partial charge < -0.3 is 15.4 Å². The summed E-state index contributed by atoms with van der Waals surface area (Å²) in [4.78, 5) is 11.8. The zero-order valence-corrected chi connectivity index (χ0v) is 11.9. The Morgan fingerprint density at radius 3 is 2.30 bits per heavy atom. The fraction of sp³-hybridized carbons (Fsp3) is 0.133. The molecule has 0 aliphatic carbocycles. The lowest BCUT2D eigenvalue weighted by atomic mass is 10.2. The fourth-order valence-corrected chi connectivity index (χ4v) is 1.76. The molecular formula is C15H12F4N2O2. The molecule has 0 aliphatic rings. The number of hydrogen-bond donors (Lipinski definition) is 2. The number of carbonyl (C=O) groups is 1. The van der Waals surface area contributed by atoms with Gasteiger partial charge in [-0.15, -0.1) is 13.2 Å². The number of halogens is 4. The van der Waals surface area contributed by atoms with Crippen molar-refractivity contribution in [1.29, 1.82) is 0 Å². The summed E-state index contributed by atoms with van der Waals surface area (Å²) in [6.45, 7) is 1.74. The third-order valence-electron chi connectivity index (χ3n) is 2.72. The maximum atomic E-state index is 13.5. The average molecular weight is 328 g/mol. The maximum absolute atomic E-state index is 13.5. The second kappa shape index (κ2) is 6.55. The van der Waals surface area contributed by atoms with Crippen LogP contribution in [0.15, 0.2) is 42.5 Å². The van der Waals surface area contributed by atoms with E-state index in [4.69, 9.17) is 0 Å². The van der Waals surface area contributed by atoms with E-state index in [1.54, 1.807) is 13.0 Å². The Kier molecular flexibility index (Phi) is 4.73. The number of rotatable bonds is 3. The lowest BCUT2D eigenvalue weighted by Crippen LogP contribution is -2.20. The van der Waals surface area contributed by atoms with E-state index in [-0.39, 0.29) is 11.4 Å². The summed E-state index contributed by atoms with van der Waals surface area (Å²) in [5, 5.41) is 4.69. The van der Waals surface area contributed by atoms with Gasteiger partial charge in [0.2, 0.25) is 0 Å². The quantitative estimate of drug-likeness (QED) is 0.804. The van der Waals surface area contributed by atoms with E-state index < -0.39 is 24.0 Å². The van der Waals surface area contributed by atoms with Gasteiger partial charge in [0.1, 0.15) is 11.6 Å². The number of carbonyl (C=O) groups excluding carboxylic acids is 1. The van der Waals surface area contributed by atoms with Crippen LogP contribution in [0.2, 0.25) is 0 Å². The molecule has 2 aromatic rings. The molecular weight excluding hydrogens is 316 g/mol. The van der Waals surface area contributed by atoms with Crippen LogP contribution in [-0.2, 0) is 0 Å². The molecule has 0 aliphatic heterocycles. The molecule has 0 radical (unpaired) electrons. The molecule has 0 aromatic heterocycles. The van der Waals surface area contributed by atoms with Gasteiger partial charge in [-0.2, -0.15) is 0 Å². The van der Waals surface area contributed by atoms with E-state index in [2.05, 4.69) is 15.4 Å². The van der Waals surface area contributed by atoms with Crippen molar-refractivity contribution in [2.24, 2.45) is 0 Å². The van der Waals surface area contributed by atoms with Gasteiger partial charge in [-0.3, -0.25) is 0 Å². The van der Waals surface area contributed by atoms with Crippen molar-refractivity contribution in [3.63, 3.8) is 0 Å². The first kappa shape index (κ1) is 16.6. The number of benzene rings is 2. The normalized spacial score (nSPS) is 11.0. The Balaban J connectivity index is 1.99. The lowest BCUT2D eigenvalue weighted by Gasteiger charge is -2.11. The van der Waals surface area contributed by atoms with E-state index in [9.17, 15) is 22.4 Å². The van der Waals surface area contributed by atoms with Crippen molar-refractivity contribution in [1.82, 2.24) is 0 Å². The van der Waals surface area contributed by atoms with Gasteiger partial charge in [0.25, 0.3) is 0 Å². The van der Waals surface area contributed by atoms with Gasteiger partial charge in [0.05, 0.1) is 5.69 Å². The number of amides is 2. The van der Waals surface area contributed by atoms with E-state index in [1.165, 1.54) is 24.3 Å². The second-order valence-corrected chi connectivity index (χ2v) is 4.63. The van der Waals surface area contributed by atoms with E-state index in [0.29, 0.717) is 0 Å². The Morgan fingerprint density at radius 1 is 1.04 bits per heavy atom. The van der Waals surface area contributed by atoms with Crippen LogP contribution in [0.3, 0.4) is 0 Å². The van der Waals surface area contributed by atoms with Crippen molar-refractivity contribution in [2.75, 3.05) is 10.6 Å². The number of nitrogens with one attached hydrogen (secondary N) is 2. The third-order valence-corrected chi connectivity index (χ3v) is 2.72. The summed E-state index contributed by atoms with van der Waals surface area (Å²) < 4.78 is 53.3. The predicted octanol–water partition coefficient (Wildman–Crippen LogP) is 4.68. The minimum absolute atomic E-state index is 0.000440. The Hall–Kier alpha value is -2.77. The van der Waals surface area contributed by atoms with E-state index in [0.717, 1.165) is 17.7 Å². The van der Waals surface area contributed by atoms with Crippen molar-refractivity contribution in [3.8, 4) is 5.75 Å². The summed E-state index contributed by atoms with van der Waals surface area (Å²) in [5.41, 5.74) is 0.986. The first-order valence-corrected chi connectivity index (χ1v) is 6.43. The van der Waals surface area contributed by atoms with Crippen molar-refractivity contribution in [3.05, 3.63) is 53.8 Å². The van der Waals surface area contributed by atoms with Gasteiger partial charge in [-0.05, 0) is 48.9 Å². The molecule has 4 nitrogen and oxygen atoms in total. The Morgan fingerprint density at radius 2 is 1.70 bits per heavy atom. The van der Waals surface area contributed by atoms with E-state index in [1.807, 2.05) is 0 Å². The van der Waals surface area contributed by atoms with Crippen LogP contribution in [-0.4, -0.2) is 12.4 Å². The van der Waals surface area contributed by atoms with Crippen LogP contribution >= 0.6 is 0 Å². The van der Waals surface area contributed by atoms with Crippen LogP contribution < -0.4 is 15.4 Å². The molecule has 0 fully saturated rings. The third kappa shape index (κ3) is 5.17. The largest absolute Gasteiger partial charge is 0.573 e. The highest BCUT2D eigenvalue weighted by Gasteiger charge is 2.30.